The van der Waals surface area contributed by atoms with Gasteiger partial charge in [-0.1, -0.05) is 17.7 Å². The number of benzene rings is 1. The van der Waals surface area contributed by atoms with Crippen LogP contribution in [0.3, 0.4) is 0 Å². The molecule has 3 nitrogen and oxygen atoms in total. The fourth-order valence-electron chi connectivity index (χ4n) is 1.69. The highest BCUT2D eigenvalue weighted by Gasteiger charge is 2.61. The molecule has 2 unspecified atom stereocenters. The second-order valence-corrected chi connectivity index (χ2v) is 5.68. The number of hydrogen-bond acceptors (Lipinski definition) is 3. The van der Waals surface area contributed by atoms with Crippen LogP contribution in [0, 0.1) is 5.92 Å². The number of carboxylic acids is 1. The highest BCUT2D eigenvalue weighted by molar-refractivity contribution is 8.01. The topological polar surface area (TPSA) is 57.5 Å². The minimum atomic E-state index is -0.864. The fraction of sp³-hybridized carbons (Fsp3) is 0.364. The van der Waals surface area contributed by atoms with Crippen LogP contribution in [-0.4, -0.2) is 27.5 Å². The van der Waals surface area contributed by atoms with Crippen molar-refractivity contribution in [2.45, 2.75) is 16.1 Å². The lowest BCUT2D eigenvalue weighted by Crippen LogP contribution is -2.21. The van der Waals surface area contributed by atoms with E-state index in [-0.39, 0.29) is 12.5 Å². The number of hydrogen-bond donors (Lipinski definition) is 2. The van der Waals surface area contributed by atoms with Crippen LogP contribution in [0.25, 0.3) is 0 Å². The molecule has 1 aromatic rings. The predicted molar refractivity (Wildman–Crippen MR) is 62.9 cm³/mol. The van der Waals surface area contributed by atoms with Crippen LogP contribution < -0.4 is 0 Å². The molecule has 1 aliphatic carbocycles. The number of carbonyl (C=O) groups is 1. The van der Waals surface area contributed by atoms with Crippen LogP contribution in [0.5, 0.6) is 0 Å². The van der Waals surface area contributed by atoms with Crippen molar-refractivity contribution in [3.05, 3.63) is 29.3 Å². The summed E-state index contributed by atoms with van der Waals surface area (Å²) < 4.78 is -0.862. The Morgan fingerprint density at radius 3 is 2.88 bits per heavy atom. The van der Waals surface area contributed by atoms with Gasteiger partial charge in [0.05, 0.1) is 0 Å². The number of aliphatic carboxylic acids is 1. The maximum absolute atomic E-state index is 11.2. The quantitative estimate of drug-likeness (QED) is 0.870. The van der Waals surface area contributed by atoms with E-state index in [1.165, 1.54) is 11.8 Å². The number of aliphatic hydroxyl groups is 1. The maximum atomic E-state index is 11.2. The lowest BCUT2D eigenvalue weighted by molar-refractivity contribution is -0.137. The van der Waals surface area contributed by atoms with Gasteiger partial charge in [0, 0.05) is 22.4 Å². The Balaban J connectivity index is 2.17. The molecule has 0 bridgehead atoms. The summed E-state index contributed by atoms with van der Waals surface area (Å²) in [5.41, 5.74) is 0. The average molecular weight is 259 g/mol. The molecule has 1 aromatic carbocycles. The molecule has 1 fully saturated rings. The number of rotatable bonds is 4. The molecule has 0 aromatic heterocycles. The summed E-state index contributed by atoms with van der Waals surface area (Å²) in [4.78, 5) is 12.0. The van der Waals surface area contributed by atoms with Gasteiger partial charge in [0.15, 0.2) is 0 Å². The number of thioether (sulfide) groups is 1. The minimum absolute atomic E-state index is 0.0835. The van der Waals surface area contributed by atoms with Crippen molar-refractivity contribution in [1.82, 2.24) is 0 Å². The van der Waals surface area contributed by atoms with Crippen LogP contribution in [0.15, 0.2) is 29.2 Å². The Labute approximate surface area is 102 Å². The van der Waals surface area contributed by atoms with E-state index in [0.717, 1.165) is 4.90 Å². The molecular weight excluding hydrogens is 248 g/mol. The van der Waals surface area contributed by atoms with Gasteiger partial charge in [0.25, 0.3) is 0 Å². The third kappa shape index (κ3) is 2.05. The third-order valence-corrected chi connectivity index (χ3v) is 4.49. The second kappa shape index (κ2) is 4.28. The van der Waals surface area contributed by atoms with Gasteiger partial charge in [-0.2, -0.15) is 0 Å². The third-order valence-electron chi connectivity index (χ3n) is 2.73. The Morgan fingerprint density at radius 2 is 2.38 bits per heavy atom. The van der Waals surface area contributed by atoms with E-state index in [2.05, 4.69) is 0 Å². The van der Waals surface area contributed by atoms with E-state index in [0.29, 0.717) is 11.4 Å². The van der Waals surface area contributed by atoms with Gasteiger partial charge in [0.1, 0.15) is 4.75 Å². The van der Waals surface area contributed by atoms with E-state index in [4.69, 9.17) is 16.7 Å². The molecule has 2 N–H and O–H groups in total. The van der Waals surface area contributed by atoms with E-state index in [1.54, 1.807) is 18.2 Å². The molecular formula is C11H11ClO3S. The summed E-state index contributed by atoms with van der Waals surface area (Å²) in [6.45, 7) is -0.0835. The first-order valence-electron chi connectivity index (χ1n) is 4.87. The zero-order valence-electron chi connectivity index (χ0n) is 8.39. The molecule has 0 radical (unpaired) electrons. The molecule has 2 rings (SSSR count). The summed E-state index contributed by atoms with van der Waals surface area (Å²) in [6, 6.07) is 7.10. The summed E-state index contributed by atoms with van der Waals surface area (Å²) in [5.74, 6) is -1.02. The second-order valence-electron chi connectivity index (χ2n) is 3.84. The van der Waals surface area contributed by atoms with Crippen molar-refractivity contribution in [3.8, 4) is 0 Å². The lowest BCUT2D eigenvalue weighted by atomic mass is 10.3. The molecule has 1 aliphatic rings. The summed E-state index contributed by atoms with van der Waals surface area (Å²) in [7, 11) is 0. The van der Waals surface area contributed by atoms with Crippen LogP contribution in [0.2, 0.25) is 5.02 Å². The Kier molecular flexibility index (Phi) is 3.15. The van der Waals surface area contributed by atoms with E-state index < -0.39 is 10.7 Å². The van der Waals surface area contributed by atoms with Crippen LogP contribution in [0.1, 0.15) is 6.42 Å². The number of halogens is 1. The molecule has 16 heavy (non-hydrogen) atoms. The Morgan fingerprint density at radius 1 is 1.62 bits per heavy atom. The molecule has 0 aliphatic heterocycles. The molecule has 0 amide bonds. The summed E-state index contributed by atoms with van der Waals surface area (Å²) >= 11 is 7.10. The molecule has 5 heteroatoms. The SMILES string of the molecule is O=C(O)C1(Sc2cccc(Cl)c2)CC1CO. The molecule has 1 saturated carbocycles. The van der Waals surface area contributed by atoms with E-state index in [9.17, 15) is 9.90 Å². The highest BCUT2D eigenvalue weighted by Crippen LogP contribution is 2.56. The summed E-state index contributed by atoms with van der Waals surface area (Å²) in [5, 5.41) is 18.8. The van der Waals surface area contributed by atoms with Gasteiger partial charge in [-0.15, -0.1) is 11.8 Å². The first-order valence-corrected chi connectivity index (χ1v) is 6.07. The Hall–Kier alpha value is -0.710. The van der Waals surface area contributed by atoms with Gasteiger partial charge in [-0.25, -0.2) is 0 Å². The van der Waals surface area contributed by atoms with Gasteiger partial charge >= 0.3 is 5.97 Å². The van der Waals surface area contributed by atoms with Gasteiger partial charge in [0.2, 0.25) is 0 Å². The van der Waals surface area contributed by atoms with Crippen LogP contribution >= 0.6 is 23.4 Å². The van der Waals surface area contributed by atoms with Crippen molar-refractivity contribution in [2.75, 3.05) is 6.61 Å². The summed E-state index contributed by atoms with van der Waals surface area (Å²) in [6.07, 6.45) is 0.510. The molecule has 0 spiro atoms. The molecule has 0 saturated heterocycles. The van der Waals surface area contributed by atoms with Crippen molar-refractivity contribution in [1.29, 1.82) is 0 Å². The molecule has 86 valence electrons. The van der Waals surface area contributed by atoms with E-state index >= 15 is 0 Å². The fourth-order valence-corrected chi connectivity index (χ4v) is 3.31. The first-order chi connectivity index (χ1) is 7.58. The van der Waals surface area contributed by atoms with Crippen molar-refractivity contribution in [3.63, 3.8) is 0 Å². The van der Waals surface area contributed by atoms with E-state index in [1.807, 2.05) is 6.07 Å². The zero-order valence-corrected chi connectivity index (χ0v) is 9.96. The van der Waals surface area contributed by atoms with Crippen molar-refractivity contribution < 1.29 is 15.0 Å². The van der Waals surface area contributed by atoms with Gasteiger partial charge in [-0.3, -0.25) is 4.79 Å². The number of carboxylic acid groups (broad SMARTS) is 1. The maximum Gasteiger partial charge on any atom is 0.320 e. The monoisotopic (exact) mass is 258 g/mol. The lowest BCUT2D eigenvalue weighted by Gasteiger charge is -2.11. The average Bonchev–Trinajstić information content (AvgIpc) is 2.93. The van der Waals surface area contributed by atoms with Crippen molar-refractivity contribution in [2.24, 2.45) is 5.92 Å². The van der Waals surface area contributed by atoms with Crippen molar-refractivity contribution >= 4 is 29.3 Å². The Bertz CT molecular complexity index is 423. The minimum Gasteiger partial charge on any atom is -0.480 e. The standard InChI is InChI=1S/C11H11ClO3S/c12-8-2-1-3-9(4-8)16-11(10(14)15)5-7(11)6-13/h1-4,7,13H,5-6H2,(H,14,15). The normalized spacial score (nSPS) is 27.8. The van der Waals surface area contributed by atoms with Crippen LogP contribution in [-0.2, 0) is 4.79 Å². The van der Waals surface area contributed by atoms with Gasteiger partial charge in [-0.05, 0) is 24.6 Å². The number of aliphatic hydroxyl groups excluding tert-OH is 1. The smallest absolute Gasteiger partial charge is 0.320 e. The highest BCUT2D eigenvalue weighted by atomic mass is 35.5. The molecule has 2 atom stereocenters. The molecule has 0 heterocycles. The largest absolute Gasteiger partial charge is 0.480 e. The predicted octanol–water partition coefficient (Wildman–Crippen LogP) is 2.27. The zero-order chi connectivity index (χ0) is 11.8. The van der Waals surface area contributed by atoms with Gasteiger partial charge < -0.3 is 10.2 Å². The first kappa shape index (κ1) is 11.8. The van der Waals surface area contributed by atoms with Crippen LogP contribution in [0.4, 0.5) is 0 Å².